The van der Waals surface area contributed by atoms with Crippen molar-refractivity contribution in [3.8, 4) is 0 Å². The summed E-state index contributed by atoms with van der Waals surface area (Å²) in [5, 5.41) is 11.7. The SMILES string of the molecule is C[C@H](N)C(=O)N[C@@H](C)C(=O)NCCC(C)(C)OCCC(C)(C)C(=O)N[C@@H](Cc1ccccc1)C(=O)NC1CCCCCCC1. The third-order valence-electron chi connectivity index (χ3n) is 8.38. The highest BCUT2D eigenvalue weighted by Gasteiger charge is 2.33. The molecule has 44 heavy (non-hydrogen) atoms. The number of benzene rings is 1. The van der Waals surface area contributed by atoms with E-state index < -0.39 is 29.1 Å². The Hall–Kier alpha value is -2.98. The first kappa shape index (κ1) is 37.2. The number of carbonyl (C=O) groups is 4. The van der Waals surface area contributed by atoms with Crippen LogP contribution in [0.4, 0.5) is 0 Å². The number of nitrogens with two attached hydrogens (primary N) is 1. The molecule has 4 amide bonds. The van der Waals surface area contributed by atoms with Gasteiger partial charge in [-0.2, -0.15) is 0 Å². The van der Waals surface area contributed by atoms with Crippen LogP contribution in [0.15, 0.2) is 30.3 Å². The van der Waals surface area contributed by atoms with Crippen molar-refractivity contribution in [2.75, 3.05) is 13.2 Å². The average Bonchev–Trinajstić information content (AvgIpc) is 2.93. The number of carbonyl (C=O) groups excluding carboxylic acids is 4. The van der Waals surface area contributed by atoms with Crippen LogP contribution < -0.4 is 27.0 Å². The molecule has 6 N–H and O–H groups in total. The van der Waals surface area contributed by atoms with E-state index in [0.29, 0.717) is 32.4 Å². The second kappa shape index (κ2) is 18.1. The lowest BCUT2D eigenvalue weighted by Gasteiger charge is -2.31. The molecule has 1 aromatic rings. The standard InChI is InChI=1S/C34H57N5O5/c1-24(35)29(40)37-25(2)30(41)36-21-19-34(5,6)44-22-20-33(3,4)32(43)39-28(23-26-15-11-10-12-16-26)31(42)38-27-17-13-8-7-9-14-18-27/h10-12,15-16,24-25,27-28H,7-9,13-14,17-23,35H2,1-6H3,(H,36,41)(H,37,40)(H,38,42)(H,39,43)/t24-,25-,28-/m0/s1. The normalized spacial score (nSPS) is 16.9. The second-order valence-corrected chi connectivity index (χ2v) is 13.6. The number of hydrogen-bond acceptors (Lipinski definition) is 6. The Morgan fingerprint density at radius 1 is 0.864 bits per heavy atom. The van der Waals surface area contributed by atoms with Gasteiger partial charge < -0.3 is 31.7 Å². The summed E-state index contributed by atoms with van der Waals surface area (Å²) < 4.78 is 6.13. The van der Waals surface area contributed by atoms with Crippen molar-refractivity contribution in [3.05, 3.63) is 35.9 Å². The summed E-state index contributed by atoms with van der Waals surface area (Å²) in [4.78, 5) is 51.1. The number of ether oxygens (including phenoxy) is 1. The fraction of sp³-hybridized carbons (Fsp3) is 0.706. The van der Waals surface area contributed by atoms with Crippen LogP contribution in [0, 0.1) is 5.41 Å². The Kier molecular flexibility index (Phi) is 15.3. The molecule has 0 spiro atoms. The van der Waals surface area contributed by atoms with E-state index in [4.69, 9.17) is 10.5 Å². The minimum atomic E-state index is -0.770. The Morgan fingerprint density at radius 2 is 1.48 bits per heavy atom. The third-order valence-corrected chi connectivity index (χ3v) is 8.38. The first-order chi connectivity index (χ1) is 20.7. The molecule has 0 aromatic heterocycles. The molecule has 0 heterocycles. The van der Waals surface area contributed by atoms with E-state index in [9.17, 15) is 19.2 Å². The molecule has 2 rings (SSSR count). The van der Waals surface area contributed by atoms with Gasteiger partial charge >= 0.3 is 0 Å². The molecule has 1 fully saturated rings. The van der Waals surface area contributed by atoms with Crippen molar-refractivity contribution < 1.29 is 23.9 Å². The molecule has 10 heteroatoms. The smallest absolute Gasteiger partial charge is 0.243 e. The van der Waals surface area contributed by atoms with Crippen LogP contribution in [0.2, 0.25) is 0 Å². The van der Waals surface area contributed by atoms with Crippen LogP contribution in [-0.4, -0.2) is 66.5 Å². The van der Waals surface area contributed by atoms with E-state index in [-0.39, 0.29) is 29.7 Å². The summed E-state index contributed by atoms with van der Waals surface area (Å²) in [5.41, 5.74) is 5.22. The highest BCUT2D eigenvalue weighted by Crippen LogP contribution is 2.24. The highest BCUT2D eigenvalue weighted by molar-refractivity contribution is 5.90. The number of amides is 4. The van der Waals surface area contributed by atoms with Gasteiger partial charge in [-0.1, -0.05) is 76.3 Å². The van der Waals surface area contributed by atoms with Crippen LogP contribution >= 0.6 is 0 Å². The van der Waals surface area contributed by atoms with E-state index in [2.05, 4.69) is 21.3 Å². The molecule has 0 unspecified atom stereocenters. The predicted molar refractivity (Wildman–Crippen MR) is 174 cm³/mol. The van der Waals surface area contributed by atoms with E-state index in [1.807, 2.05) is 58.0 Å². The lowest BCUT2D eigenvalue weighted by Crippen LogP contribution is -2.53. The van der Waals surface area contributed by atoms with Crippen molar-refractivity contribution >= 4 is 23.6 Å². The molecule has 1 aliphatic rings. The zero-order valence-corrected chi connectivity index (χ0v) is 27.8. The molecule has 1 aliphatic carbocycles. The zero-order valence-electron chi connectivity index (χ0n) is 27.8. The van der Waals surface area contributed by atoms with Crippen LogP contribution in [0.5, 0.6) is 0 Å². The van der Waals surface area contributed by atoms with Gasteiger partial charge in [0.2, 0.25) is 23.6 Å². The summed E-state index contributed by atoms with van der Waals surface area (Å²) >= 11 is 0. The second-order valence-electron chi connectivity index (χ2n) is 13.6. The maximum atomic E-state index is 13.5. The van der Waals surface area contributed by atoms with Gasteiger partial charge in [0.15, 0.2) is 0 Å². The molecule has 248 valence electrons. The highest BCUT2D eigenvalue weighted by atomic mass is 16.5. The molecule has 1 saturated carbocycles. The maximum absolute atomic E-state index is 13.5. The fourth-order valence-corrected chi connectivity index (χ4v) is 5.13. The quantitative estimate of drug-likeness (QED) is 0.192. The predicted octanol–water partition coefficient (Wildman–Crippen LogP) is 3.51. The van der Waals surface area contributed by atoms with Crippen molar-refractivity contribution in [1.82, 2.24) is 21.3 Å². The monoisotopic (exact) mass is 615 g/mol. The molecule has 0 aliphatic heterocycles. The first-order valence-corrected chi connectivity index (χ1v) is 16.3. The number of nitrogens with one attached hydrogen (secondary N) is 4. The van der Waals surface area contributed by atoms with Crippen LogP contribution in [0.25, 0.3) is 0 Å². The van der Waals surface area contributed by atoms with E-state index in [1.165, 1.54) is 19.3 Å². The number of rotatable bonds is 16. The van der Waals surface area contributed by atoms with Gasteiger partial charge in [-0.3, -0.25) is 19.2 Å². The van der Waals surface area contributed by atoms with Crippen LogP contribution in [0.1, 0.15) is 105 Å². The summed E-state index contributed by atoms with van der Waals surface area (Å²) in [6.45, 7) is 11.5. The molecule has 0 saturated heterocycles. The fourth-order valence-electron chi connectivity index (χ4n) is 5.13. The third kappa shape index (κ3) is 13.8. The molecule has 0 radical (unpaired) electrons. The van der Waals surface area contributed by atoms with Crippen molar-refractivity contribution in [3.63, 3.8) is 0 Å². The Labute approximate surface area is 264 Å². The summed E-state index contributed by atoms with van der Waals surface area (Å²) in [6.07, 6.45) is 9.25. The zero-order chi connectivity index (χ0) is 32.8. The topological polar surface area (TPSA) is 152 Å². The van der Waals surface area contributed by atoms with Crippen LogP contribution in [-0.2, 0) is 30.3 Å². The van der Waals surface area contributed by atoms with Crippen LogP contribution in [0.3, 0.4) is 0 Å². The van der Waals surface area contributed by atoms with Gasteiger partial charge in [0.05, 0.1) is 11.6 Å². The molecule has 0 bridgehead atoms. The summed E-state index contributed by atoms with van der Waals surface area (Å²) in [6, 6.07) is 7.86. The van der Waals surface area contributed by atoms with Crippen molar-refractivity contribution in [2.45, 2.75) is 136 Å². The Bertz CT molecular complexity index is 1050. The lowest BCUT2D eigenvalue weighted by molar-refractivity contribution is -0.135. The number of hydrogen-bond donors (Lipinski definition) is 5. The van der Waals surface area contributed by atoms with Gasteiger partial charge in [0, 0.05) is 31.0 Å². The summed E-state index contributed by atoms with van der Waals surface area (Å²) in [5.74, 6) is -1.00. The average molecular weight is 616 g/mol. The van der Waals surface area contributed by atoms with Gasteiger partial charge in [0.1, 0.15) is 12.1 Å². The maximum Gasteiger partial charge on any atom is 0.243 e. The molecule has 3 atom stereocenters. The molecule has 1 aromatic carbocycles. The molecular formula is C34H57N5O5. The Balaban J connectivity index is 1.89. The Morgan fingerprint density at radius 3 is 2.09 bits per heavy atom. The molecule has 10 nitrogen and oxygen atoms in total. The van der Waals surface area contributed by atoms with Gasteiger partial charge in [0.25, 0.3) is 0 Å². The van der Waals surface area contributed by atoms with E-state index >= 15 is 0 Å². The lowest BCUT2D eigenvalue weighted by atomic mass is 9.87. The van der Waals surface area contributed by atoms with E-state index in [0.717, 1.165) is 31.2 Å². The van der Waals surface area contributed by atoms with E-state index in [1.54, 1.807) is 13.8 Å². The largest absolute Gasteiger partial charge is 0.375 e. The van der Waals surface area contributed by atoms with Crippen molar-refractivity contribution in [2.24, 2.45) is 11.1 Å². The minimum Gasteiger partial charge on any atom is -0.375 e. The minimum absolute atomic E-state index is 0.130. The van der Waals surface area contributed by atoms with Gasteiger partial charge in [-0.15, -0.1) is 0 Å². The summed E-state index contributed by atoms with van der Waals surface area (Å²) in [7, 11) is 0. The molecular weight excluding hydrogens is 558 g/mol. The van der Waals surface area contributed by atoms with Gasteiger partial charge in [-0.05, 0) is 58.9 Å². The van der Waals surface area contributed by atoms with Gasteiger partial charge in [-0.25, -0.2) is 0 Å². The first-order valence-electron chi connectivity index (χ1n) is 16.3. The van der Waals surface area contributed by atoms with Crippen molar-refractivity contribution in [1.29, 1.82) is 0 Å².